The van der Waals surface area contributed by atoms with Crippen LogP contribution in [0, 0.1) is 0 Å². The van der Waals surface area contributed by atoms with Gasteiger partial charge in [-0.05, 0) is 11.4 Å². The summed E-state index contributed by atoms with van der Waals surface area (Å²) in [4.78, 5) is 24.4. The molecule has 1 fully saturated rings. The summed E-state index contributed by atoms with van der Waals surface area (Å²) >= 11 is 1.03. The van der Waals surface area contributed by atoms with E-state index >= 15 is 0 Å². The number of aliphatic carboxylic acids is 1. The lowest BCUT2D eigenvalue weighted by Gasteiger charge is -2.21. The molecule has 10 heteroatoms. The van der Waals surface area contributed by atoms with E-state index in [1.807, 2.05) is 0 Å². The zero-order valence-corrected chi connectivity index (χ0v) is 13.4. The number of thiophene rings is 1. The lowest BCUT2D eigenvalue weighted by Crippen LogP contribution is -2.45. The minimum Gasteiger partial charge on any atom is -0.480 e. The third-order valence-corrected chi connectivity index (χ3v) is 6.17. The third kappa shape index (κ3) is 3.64. The van der Waals surface area contributed by atoms with Crippen molar-refractivity contribution in [1.82, 2.24) is 9.62 Å². The largest absolute Gasteiger partial charge is 0.480 e. The number of carboxylic acid groups (broad SMARTS) is 1. The summed E-state index contributed by atoms with van der Waals surface area (Å²) in [5.74, 6) is -1.72. The third-order valence-electron chi connectivity index (χ3n) is 3.37. The van der Waals surface area contributed by atoms with Crippen molar-refractivity contribution in [3.8, 4) is 0 Å². The number of likely N-dealkylation sites (tertiary alicyclic amines) is 1. The van der Waals surface area contributed by atoms with Crippen molar-refractivity contribution in [3.63, 3.8) is 0 Å². The van der Waals surface area contributed by atoms with Crippen LogP contribution in [-0.4, -0.2) is 62.6 Å². The number of hydrogen-bond donors (Lipinski definition) is 2. The van der Waals surface area contributed by atoms with E-state index in [1.54, 1.807) is 11.4 Å². The van der Waals surface area contributed by atoms with Gasteiger partial charge in [0.15, 0.2) is 0 Å². The second-order valence-electron chi connectivity index (χ2n) is 4.75. The van der Waals surface area contributed by atoms with Crippen molar-refractivity contribution < 1.29 is 27.9 Å². The average Bonchev–Trinajstić information content (AvgIpc) is 3.13. The maximum absolute atomic E-state index is 12.1. The molecule has 2 unspecified atom stereocenters. The van der Waals surface area contributed by atoms with Crippen LogP contribution in [0.4, 0.5) is 0 Å². The van der Waals surface area contributed by atoms with Gasteiger partial charge >= 0.3 is 5.97 Å². The monoisotopic (exact) mass is 348 g/mol. The first-order valence-electron chi connectivity index (χ1n) is 6.43. The SMILES string of the molecule is COC1CC(C(=O)O)N(C(=O)CNS(=O)(=O)c2cccs2)C1. The second kappa shape index (κ2) is 6.73. The van der Waals surface area contributed by atoms with E-state index in [1.165, 1.54) is 13.2 Å². The predicted molar refractivity (Wildman–Crippen MR) is 78.1 cm³/mol. The van der Waals surface area contributed by atoms with Gasteiger partial charge in [0, 0.05) is 20.1 Å². The summed E-state index contributed by atoms with van der Waals surface area (Å²) in [5, 5.41) is 10.7. The molecule has 1 aromatic rings. The Balaban J connectivity index is 2.01. The fraction of sp³-hybridized carbons (Fsp3) is 0.500. The van der Waals surface area contributed by atoms with Crippen LogP contribution in [0.2, 0.25) is 0 Å². The van der Waals surface area contributed by atoms with E-state index in [0.29, 0.717) is 0 Å². The number of nitrogens with zero attached hydrogens (tertiary/aromatic N) is 1. The van der Waals surface area contributed by atoms with Crippen LogP contribution in [0.3, 0.4) is 0 Å². The lowest BCUT2D eigenvalue weighted by atomic mass is 10.2. The first-order chi connectivity index (χ1) is 10.3. The number of hydrogen-bond acceptors (Lipinski definition) is 6. The molecule has 0 aliphatic carbocycles. The molecule has 22 heavy (non-hydrogen) atoms. The van der Waals surface area contributed by atoms with Gasteiger partial charge in [-0.25, -0.2) is 17.9 Å². The van der Waals surface area contributed by atoms with Crippen molar-refractivity contribution >= 4 is 33.2 Å². The molecule has 1 aromatic heterocycles. The minimum atomic E-state index is -3.76. The smallest absolute Gasteiger partial charge is 0.326 e. The number of nitrogens with one attached hydrogen (secondary N) is 1. The molecular formula is C12H16N2O6S2. The number of carbonyl (C=O) groups is 2. The van der Waals surface area contributed by atoms with E-state index in [0.717, 1.165) is 16.2 Å². The number of rotatable bonds is 6. The summed E-state index contributed by atoms with van der Waals surface area (Å²) in [6, 6.07) is 2.02. The van der Waals surface area contributed by atoms with Gasteiger partial charge in [-0.15, -0.1) is 11.3 Å². The van der Waals surface area contributed by atoms with Gasteiger partial charge in [0.05, 0.1) is 12.6 Å². The first-order valence-corrected chi connectivity index (χ1v) is 8.79. The summed E-state index contributed by atoms with van der Waals surface area (Å²) in [6.07, 6.45) is -0.172. The molecule has 0 saturated carbocycles. The molecule has 122 valence electrons. The summed E-state index contributed by atoms with van der Waals surface area (Å²) in [6.45, 7) is -0.354. The molecule has 0 spiro atoms. The van der Waals surface area contributed by atoms with Crippen molar-refractivity contribution in [2.45, 2.75) is 22.8 Å². The number of carbonyl (C=O) groups excluding carboxylic acids is 1. The molecule has 1 aliphatic rings. The topological polar surface area (TPSA) is 113 Å². The Morgan fingerprint density at radius 1 is 1.55 bits per heavy atom. The minimum absolute atomic E-state index is 0.103. The Hall–Kier alpha value is -1.49. The summed E-state index contributed by atoms with van der Waals surface area (Å²) < 4.78 is 31.2. The van der Waals surface area contributed by atoms with Crippen LogP contribution >= 0.6 is 11.3 Å². The maximum Gasteiger partial charge on any atom is 0.326 e. The van der Waals surface area contributed by atoms with Crippen LogP contribution in [0.1, 0.15) is 6.42 Å². The first kappa shape index (κ1) is 16.9. The maximum atomic E-state index is 12.1. The molecule has 0 bridgehead atoms. The van der Waals surface area contributed by atoms with Crippen molar-refractivity contribution in [2.75, 3.05) is 20.2 Å². The summed E-state index contributed by atoms with van der Waals surface area (Å²) in [7, 11) is -2.31. The van der Waals surface area contributed by atoms with Gasteiger partial charge < -0.3 is 14.7 Å². The molecule has 2 N–H and O–H groups in total. The highest BCUT2D eigenvalue weighted by Gasteiger charge is 2.39. The normalized spacial score (nSPS) is 22.0. The Kier molecular flexibility index (Phi) is 5.16. The zero-order valence-electron chi connectivity index (χ0n) is 11.8. The number of methoxy groups -OCH3 is 1. The fourth-order valence-electron chi connectivity index (χ4n) is 2.22. The average molecular weight is 348 g/mol. The van der Waals surface area contributed by atoms with Crippen molar-refractivity contribution in [1.29, 1.82) is 0 Å². The second-order valence-corrected chi connectivity index (χ2v) is 7.69. The molecule has 0 radical (unpaired) electrons. The van der Waals surface area contributed by atoms with E-state index < -0.39 is 34.5 Å². The Morgan fingerprint density at radius 3 is 2.82 bits per heavy atom. The Labute approximate surface area is 131 Å². The van der Waals surface area contributed by atoms with Crippen LogP contribution in [0.15, 0.2) is 21.7 Å². The van der Waals surface area contributed by atoms with E-state index in [9.17, 15) is 18.0 Å². The zero-order chi connectivity index (χ0) is 16.3. The van der Waals surface area contributed by atoms with Gasteiger partial charge in [-0.3, -0.25) is 4.79 Å². The molecule has 1 saturated heterocycles. The Bertz CT molecular complexity index is 643. The van der Waals surface area contributed by atoms with E-state index in [2.05, 4.69) is 4.72 Å². The molecule has 8 nitrogen and oxygen atoms in total. The standard InChI is InChI=1S/C12H16N2O6S2/c1-20-8-5-9(12(16)17)14(7-8)10(15)6-13-22(18,19)11-3-2-4-21-11/h2-4,8-9,13H,5-7H2,1H3,(H,16,17). The molecule has 2 rings (SSSR count). The van der Waals surface area contributed by atoms with Gasteiger partial charge in [0.1, 0.15) is 10.3 Å². The Morgan fingerprint density at radius 2 is 2.27 bits per heavy atom. The van der Waals surface area contributed by atoms with Gasteiger partial charge in [0.2, 0.25) is 5.91 Å². The quantitative estimate of drug-likeness (QED) is 0.731. The number of ether oxygens (including phenoxy) is 1. The number of amides is 1. The molecule has 2 atom stereocenters. The summed E-state index contributed by atoms with van der Waals surface area (Å²) in [5.41, 5.74) is 0. The highest BCUT2D eigenvalue weighted by Crippen LogP contribution is 2.20. The molecule has 2 heterocycles. The lowest BCUT2D eigenvalue weighted by molar-refractivity contribution is -0.147. The number of carboxylic acids is 1. The number of sulfonamides is 1. The fourth-order valence-corrected chi connectivity index (χ4v) is 4.24. The molecular weight excluding hydrogens is 332 g/mol. The molecule has 0 aromatic carbocycles. The van der Waals surface area contributed by atoms with E-state index in [-0.39, 0.29) is 23.3 Å². The predicted octanol–water partition coefficient (Wildman–Crippen LogP) is -0.273. The van der Waals surface area contributed by atoms with Crippen molar-refractivity contribution in [2.24, 2.45) is 0 Å². The van der Waals surface area contributed by atoms with Gasteiger partial charge in [-0.1, -0.05) is 6.07 Å². The highest BCUT2D eigenvalue weighted by molar-refractivity contribution is 7.91. The van der Waals surface area contributed by atoms with Crippen LogP contribution in [0.5, 0.6) is 0 Å². The highest BCUT2D eigenvalue weighted by atomic mass is 32.2. The van der Waals surface area contributed by atoms with Gasteiger partial charge in [0.25, 0.3) is 10.0 Å². The van der Waals surface area contributed by atoms with E-state index in [4.69, 9.17) is 9.84 Å². The van der Waals surface area contributed by atoms with Crippen LogP contribution in [0.25, 0.3) is 0 Å². The molecule has 1 aliphatic heterocycles. The molecule has 1 amide bonds. The van der Waals surface area contributed by atoms with Gasteiger partial charge in [-0.2, -0.15) is 0 Å². The van der Waals surface area contributed by atoms with Crippen LogP contribution < -0.4 is 4.72 Å². The van der Waals surface area contributed by atoms with Crippen LogP contribution in [-0.2, 0) is 24.3 Å². The van der Waals surface area contributed by atoms with Crippen molar-refractivity contribution in [3.05, 3.63) is 17.5 Å².